The van der Waals surface area contributed by atoms with Crippen molar-refractivity contribution in [3.05, 3.63) is 94.5 Å². The summed E-state index contributed by atoms with van der Waals surface area (Å²) >= 11 is 0. The predicted molar refractivity (Wildman–Crippen MR) is 152 cm³/mol. The maximum atomic E-state index is 2.67. The highest BCUT2D eigenvalue weighted by Crippen LogP contribution is 2.79. The molecule has 0 saturated heterocycles. The molecule has 0 amide bonds. The molecule has 186 valence electrons. The van der Waals surface area contributed by atoms with E-state index in [-0.39, 0.29) is 21.7 Å². The smallest absolute Gasteiger partial charge is 0.00678 e. The van der Waals surface area contributed by atoms with Gasteiger partial charge >= 0.3 is 0 Å². The third-order valence-electron chi connectivity index (χ3n) is 11.3. The lowest BCUT2D eigenvalue weighted by Crippen LogP contribution is -2.57. The highest BCUT2D eigenvalue weighted by molar-refractivity contribution is 5.80. The molecule has 0 N–H and O–H groups in total. The van der Waals surface area contributed by atoms with E-state index in [0.29, 0.717) is 11.3 Å². The summed E-state index contributed by atoms with van der Waals surface area (Å²) in [7, 11) is 0. The van der Waals surface area contributed by atoms with Crippen LogP contribution in [0.3, 0.4) is 0 Å². The topological polar surface area (TPSA) is 0 Å². The lowest BCUT2D eigenvalue weighted by atomic mass is 9.40. The maximum absolute atomic E-state index is 2.67. The second-order valence-electron chi connectivity index (χ2n) is 14.9. The summed E-state index contributed by atoms with van der Waals surface area (Å²) in [5, 5.41) is 0. The molecule has 3 aromatic rings. The molecule has 0 nitrogen and oxygen atoms in total. The minimum Gasteiger partial charge on any atom is -0.0622 e. The third kappa shape index (κ3) is 2.77. The molecule has 3 spiro atoms. The number of hydrogen-bond acceptors (Lipinski definition) is 0. The zero-order valence-corrected chi connectivity index (χ0v) is 23.2. The van der Waals surface area contributed by atoms with Gasteiger partial charge in [-0.15, -0.1) is 0 Å². The van der Waals surface area contributed by atoms with Crippen LogP contribution in [-0.2, 0) is 21.7 Å². The molecule has 1 unspecified atom stereocenters. The molecule has 0 radical (unpaired) electrons. The highest BCUT2D eigenvalue weighted by Gasteiger charge is 2.72. The van der Waals surface area contributed by atoms with E-state index in [1.807, 2.05) is 0 Å². The summed E-state index contributed by atoms with van der Waals surface area (Å²) in [5.74, 6) is 0.682. The van der Waals surface area contributed by atoms with Crippen LogP contribution >= 0.6 is 0 Å². The van der Waals surface area contributed by atoms with Gasteiger partial charge in [0, 0.05) is 10.8 Å². The van der Waals surface area contributed by atoms with E-state index in [1.165, 1.54) is 60.8 Å². The Bertz CT molecular complexity index is 1350. The minimum atomic E-state index is 0.165. The number of fused-ring (bicyclic) bond motifs is 5. The fourth-order valence-electron chi connectivity index (χ4n) is 9.33. The van der Waals surface area contributed by atoms with Crippen molar-refractivity contribution in [3.8, 4) is 11.1 Å². The van der Waals surface area contributed by atoms with Crippen molar-refractivity contribution < 1.29 is 0 Å². The molecule has 3 aromatic carbocycles. The lowest BCUT2D eigenvalue weighted by Gasteiger charge is -2.63. The molecule has 0 aromatic heterocycles. The second-order valence-corrected chi connectivity index (χ2v) is 14.9. The van der Waals surface area contributed by atoms with Crippen molar-refractivity contribution in [2.75, 3.05) is 0 Å². The molecule has 0 heteroatoms. The molecule has 5 aliphatic rings. The molecular formula is C36H42. The standard InChI is InChI=1S/C36H42/c1-32(2,3)25-12-14-27-28-15-13-26(33(4,5)6)21-30(28)36-22-31(24-10-8-7-9-11-24)34(23-36)16-18-35(36,19-17-34)29(27)20-25/h7-15,20-21,31H,16-19,22-23H2,1-6H3/t31?,34?,35?,36-/m1/s1. The van der Waals surface area contributed by atoms with Crippen LogP contribution < -0.4 is 0 Å². The number of benzene rings is 3. The molecular weight excluding hydrogens is 432 g/mol. The van der Waals surface area contributed by atoms with Crippen LogP contribution in [0.5, 0.6) is 0 Å². The van der Waals surface area contributed by atoms with Crippen molar-refractivity contribution in [1.82, 2.24) is 0 Å². The van der Waals surface area contributed by atoms with Crippen LogP contribution in [0, 0.1) is 5.41 Å². The molecule has 2 atom stereocenters. The first-order valence-corrected chi connectivity index (χ1v) is 14.3. The second kappa shape index (κ2) is 6.94. The Hall–Kier alpha value is -2.34. The normalized spacial score (nSPS) is 32.1. The van der Waals surface area contributed by atoms with Crippen LogP contribution in [-0.4, -0.2) is 0 Å². The Kier molecular flexibility index (Phi) is 4.40. The average Bonchev–Trinajstić information content (AvgIpc) is 3.07. The first-order valence-electron chi connectivity index (χ1n) is 14.3. The molecule has 8 rings (SSSR count). The van der Waals surface area contributed by atoms with Gasteiger partial charge in [0.15, 0.2) is 0 Å². The van der Waals surface area contributed by atoms with Crippen LogP contribution in [0.2, 0.25) is 0 Å². The van der Waals surface area contributed by atoms with Crippen LogP contribution in [0.4, 0.5) is 0 Å². The molecule has 0 aliphatic heterocycles. The Labute approximate surface area is 218 Å². The maximum Gasteiger partial charge on any atom is 0.00678 e. The first-order chi connectivity index (χ1) is 17.0. The molecule has 3 bridgehead atoms. The van der Waals surface area contributed by atoms with E-state index in [4.69, 9.17) is 0 Å². The molecule has 5 aliphatic carbocycles. The van der Waals surface area contributed by atoms with Gasteiger partial charge in [0.25, 0.3) is 0 Å². The number of hydrogen-bond donors (Lipinski definition) is 0. The van der Waals surface area contributed by atoms with Crippen LogP contribution in [0.1, 0.15) is 114 Å². The SMILES string of the molecule is CC(C)(C)c1ccc2c(c1)C13CCC4(CC1)C[C@]3(CC4c1ccccc1)c1cc(C(C)(C)C)ccc1-2. The monoisotopic (exact) mass is 474 g/mol. The van der Waals surface area contributed by atoms with Gasteiger partial charge < -0.3 is 0 Å². The van der Waals surface area contributed by atoms with Crippen molar-refractivity contribution in [2.45, 2.75) is 108 Å². The van der Waals surface area contributed by atoms with Gasteiger partial charge in [0.2, 0.25) is 0 Å². The van der Waals surface area contributed by atoms with E-state index < -0.39 is 0 Å². The van der Waals surface area contributed by atoms with Gasteiger partial charge in [-0.2, -0.15) is 0 Å². The highest BCUT2D eigenvalue weighted by atomic mass is 14.7. The van der Waals surface area contributed by atoms with E-state index in [9.17, 15) is 0 Å². The van der Waals surface area contributed by atoms with Crippen molar-refractivity contribution in [3.63, 3.8) is 0 Å². The zero-order valence-electron chi connectivity index (χ0n) is 23.2. The predicted octanol–water partition coefficient (Wildman–Crippen LogP) is 9.59. The Morgan fingerprint density at radius 3 is 1.67 bits per heavy atom. The number of rotatable bonds is 1. The van der Waals surface area contributed by atoms with Gasteiger partial charge in [0.1, 0.15) is 0 Å². The van der Waals surface area contributed by atoms with Crippen molar-refractivity contribution >= 4 is 0 Å². The fourth-order valence-corrected chi connectivity index (χ4v) is 9.33. The Balaban J connectivity index is 1.53. The van der Waals surface area contributed by atoms with E-state index in [1.54, 1.807) is 16.7 Å². The summed E-state index contributed by atoms with van der Waals surface area (Å²) in [4.78, 5) is 0. The van der Waals surface area contributed by atoms with Crippen LogP contribution in [0.15, 0.2) is 66.7 Å². The molecule has 4 fully saturated rings. The van der Waals surface area contributed by atoms with Gasteiger partial charge in [-0.3, -0.25) is 0 Å². The van der Waals surface area contributed by atoms with Crippen molar-refractivity contribution in [1.29, 1.82) is 0 Å². The van der Waals surface area contributed by atoms with Crippen molar-refractivity contribution in [2.24, 2.45) is 5.41 Å². The van der Waals surface area contributed by atoms with Crippen LogP contribution in [0.25, 0.3) is 11.1 Å². The Morgan fingerprint density at radius 2 is 1.14 bits per heavy atom. The molecule has 4 saturated carbocycles. The first kappa shape index (κ1) is 22.8. The van der Waals surface area contributed by atoms with Gasteiger partial charge in [-0.25, -0.2) is 0 Å². The Morgan fingerprint density at radius 1 is 0.611 bits per heavy atom. The summed E-state index contributed by atoms with van der Waals surface area (Å²) < 4.78 is 0. The average molecular weight is 475 g/mol. The van der Waals surface area contributed by atoms with E-state index >= 15 is 0 Å². The van der Waals surface area contributed by atoms with Gasteiger partial charge in [0.05, 0.1) is 0 Å². The van der Waals surface area contributed by atoms with E-state index in [0.717, 1.165) is 0 Å². The molecule has 36 heavy (non-hydrogen) atoms. The van der Waals surface area contributed by atoms with Gasteiger partial charge in [-0.05, 0) is 99.6 Å². The minimum absolute atomic E-state index is 0.165. The summed E-state index contributed by atoms with van der Waals surface area (Å²) in [6, 6.07) is 26.7. The molecule has 0 heterocycles. The quantitative estimate of drug-likeness (QED) is 0.329. The summed E-state index contributed by atoms with van der Waals surface area (Å²) in [6.07, 6.45) is 8.19. The lowest BCUT2D eigenvalue weighted by molar-refractivity contribution is 0.0108. The van der Waals surface area contributed by atoms with Gasteiger partial charge in [-0.1, -0.05) is 108 Å². The largest absolute Gasteiger partial charge is 0.0622 e. The zero-order chi connectivity index (χ0) is 25.1. The summed E-state index contributed by atoms with van der Waals surface area (Å²) in [6.45, 7) is 14.3. The fraction of sp³-hybridized carbons (Fsp3) is 0.500. The third-order valence-corrected chi connectivity index (χ3v) is 11.3. The van der Waals surface area contributed by atoms with E-state index in [2.05, 4.69) is 108 Å². The summed E-state index contributed by atoms with van der Waals surface area (Å²) in [5.41, 5.74) is 12.4.